The van der Waals surface area contributed by atoms with Crippen molar-refractivity contribution in [2.45, 2.75) is 38.5 Å². The molecule has 0 aliphatic carbocycles. The summed E-state index contributed by atoms with van der Waals surface area (Å²) in [5, 5.41) is 0.523. The number of nitrogens with zero attached hydrogens (tertiary/aromatic N) is 2. The van der Waals surface area contributed by atoms with Gasteiger partial charge in [-0.05, 0) is 37.5 Å². The first-order valence-electron chi connectivity index (χ1n) is 9.63. The molecular formula is C22H24N2O3S2. The summed E-state index contributed by atoms with van der Waals surface area (Å²) in [6, 6.07) is 13.7. The third-order valence-electron chi connectivity index (χ3n) is 5.44. The highest BCUT2D eigenvalue weighted by Crippen LogP contribution is 2.43. The summed E-state index contributed by atoms with van der Waals surface area (Å²) in [6.07, 6.45) is 0.235. The van der Waals surface area contributed by atoms with E-state index in [0.29, 0.717) is 5.17 Å². The van der Waals surface area contributed by atoms with Gasteiger partial charge in [-0.2, -0.15) is 4.99 Å². The fourth-order valence-corrected chi connectivity index (χ4v) is 7.96. The number of amidine groups is 1. The van der Waals surface area contributed by atoms with Crippen LogP contribution < -0.4 is 4.90 Å². The Balaban J connectivity index is 1.69. The minimum absolute atomic E-state index is 0.0927. The molecule has 0 N–H and O–H groups in total. The van der Waals surface area contributed by atoms with E-state index in [1.54, 1.807) is 0 Å². The number of carbonyl (C=O) groups is 1. The summed E-state index contributed by atoms with van der Waals surface area (Å²) < 4.78 is 24.5. The van der Waals surface area contributed by atoms with E-state index in [9.17, 15) is 13.2 Å². The monoisotopic (exact) mass is 428 g/mol. The molecule has 7 heteroatoms. The Morgan fingerprint density at radius 2 is 1.72 bits per heavy atom. The van der Waals surface area contributed by atoms with Gasteiger partial charge in [0.1, 0.15) is 0 Å². The van der Waals surface area contributed by atoms with Gasteiger partial charge in [0, 0.05) is 10.9 Å². The van der Waals surface area contributed by atoms with Crippen LogP contribution in [0, 0.1) is 20.8 Å². The Kier molecular flexibility index (Phi) is 5.29. The first-order chi connectivity index (χ1) is 13.7. The molecule has 0 unspecified atom stereocenters. The molecule has 152 valence electrons. The first kappa shape index (κ1) is 20.2. The van der Waals surface area contributed by atoms with Gasteiger partial charge in [0.05, 0.1) is 24.0 Å². The van der Waals surface area contributed by atoms with Crippen molar-refractivity contribution in [3.8, 4) is 0 Å². The average Bonchev–Trinajstić information content (AvgIpc) is 3.09. The lowest BCUT2D eigenvalue weighted by molar-refractivity contribution is -0.117. The van der Waals surface area contributed by atoms with Gasteiger partial charge in [0.2, 0.25) is 0 Å². The van der Waals surface area contributed by atoms with Gasteiger partial charge in [-0.1, -0.05) is 59.8 Å². The van der Waals surface area contributed by atoms with E-state index in [0.717, 1.165) is 27.9 Å². The second-order valence-electron chi connectivity index (χ2n) is 7.86. The average molecular weight is 429 g/mol. The fourth-order valence-electron chi connectivity index (χ4n) is 4.04. The zero-order valence-corrected chi connectivity index (χ0v) is 18.4. The molecule has 0 aromatic heterocycles. The highest BCUT2D eigenvalue weighted by molar-refractivity contribution is 8.16. The molecule has 5 nitrogen and oxygen atoms in total. The molecule has 2 aromatic carbocycles. The third-order valence-corrected chi connectivity index (χ3v) is 8.65. The SMILES string of the molecule is Cc1ccc(CC(=O)N=C2S[C@@H]3CS(=O)(=O)C[C@@H]3N2c2c(C)cccc2C)cc1. The minimum atomic E-state index is -3.08. The molecule has 29 heavy (non-hydrogen) atoms. The van der Waals surface area contributed by atoms with E-state index in [1.807, 2.05) is 68.1 Å². The summed E-state index contributed by atoms with van der Waals surface area (Å²) >= 11 is 1.42. The van der Waals surface area contributed by atoms with Crippen molar-refractivity contribution in [3.63, 3.8) is 0 Å². The highest BCUT2D eigenvalue weighted by atomic mass is 32.2. The predicted molar refractivity (Wildman–Crippen MR) is 120 cm³/mol. The van der Waals surface area contributed by atoms with Gasteiger partial charge in [-0.3, -0.25) is 4.79 Å². The van der Waals surface area contributed by atoms with Crippen molar-refractivity contribution >= 4 is 38.4 Å². The van der Waals surface area contributed by atoms with Crippen molar-refractivity contribution in [2.75, 3.05) is 16.4 Å². The molecule has 2 aromatic rings. The minimum Gasteiger partial charge on any atom is -0.315 e. The summed E-state index contributed by atoms with van der Waals surface area (Å²) in [5.74, 6) is 0.0221. The normalized spacial score (nSPS) is 24.1. The first-order valence-corrected chi connectivity index (χ1v) is 12.3. The quantitative estimate of drug-likeness (QED) is 0.749. The number of hydrogen-bond acceptors (Lipinski definition) is 4. The Labute approximate surface area is 176 Å². The van der Waals surface area contributed by atoms with E-state index < -0.39 is 9.84 Å². The van der Waals surface area contributed by atoms with Crippen LogP contribution in [-0.4, -0.2) is 42.3 Å². The lowest BCUT2D eigenvalue weighted by atomic mass is 10.1. The van der Waals surface area contributed by atoms with E-state index in [1.165, 1.54) is 11.8 Å². The van der Waals surface area contributed by atoms with Crippen LogP contribution in [-0.2, 0) is 21.1 Å². The third kappa shape index (κ3) is 4.12. The Morgan fingerprint density at radius 3 is 2.38 bits per heavy atom. The molecule has 2 fully saturated rings. The number of rotatable bonds is 3. The topological polar surface area (TPSA) is 66.8 Å². The molecule has 2 aliphatic heterocycles. The van der Waals surface area contributed by atoms with Crippen LogP contribution in [0.5, 0.6) is 0 Å². The van der Waals surface area contributed by atoms with Crippen LogP contribution in [0.25, 0.3) is 0 Å². The van der Waals surface area contributed by atoms with E-state index >= 15 is 0 Å². The summed E-state index contributed by atoms with van der Waals surface area (Å²) in [4.78, 5) is 19.1. The number of thioether (sulfide) groups is 1. The molecule has 2 saturated heterocycles. The second kappa shape index (κ2) is 7.61. The Hall–Kier alpha value is -2.12. The van der Waals surface area contributed by atoms with Crippen molar-refractivity contribution in [3.05, 3.63) is 64.7 Å². The van der Waals surface area contributed by atoms with Crippen LogP contribution in [0.3, 0.4) is 0 Å². The number of aryl methyl sites for hydroxylation is 3. The van der Waals surface area contributed by atoms with Crippen molar-refractivity contribution in [1.82, 2.24) is 0 Å². The lowest BCUT2D eigenvalue weighted by Gasteiger charge is -2.28. The van der Waals surface area contributed by atoms with Crippen molar-refractivity contribution in [2.24, 2.45) is 4.99 Å². The van der Waals surface area contributed by atoms with Gasteiger partial charge < -0.3 is 4.90 Å². The maximum atomic E-state index is 12.7. The second-order valence-corrected chi connectivity index (χ2v) is 11.2. The maximum Gasteiger partial charge on any atom is 0.252 e. The predicted octanol–water partition coefficient (Wildman–Crippen LogP) is 3.46. The summed E-state index contributed by atoms with van der Waals surface area (Å²) in [6.45, 7) is 6.03. The van der Waals surface area contributed by atoms with Gasteiger partial charge in [-0.25, -0.2) is 8.42 Å². The van der Waals surface area contributed by atoms with Gasteiger partial charge in [0.25, 0.3) is 5.91 Å². The van der Waals surface area contributed by atoms with Crippen LogP contribution in [0.2, 0.25) is 0 Å². The fraction of sp³-hybridized carbons (Fsp3) is 0.364. The molecule has 1 amide bonds. The molecule has 2 atom stereocenters. The Bertz CT molecular complexity index is 1070. The van der Waals surface area contributed by atoms with Crippen LogP contribution in [0.1, 0.15) is 22.3 Å². The number of para-hydroxylation sites is 1. The van der Waals surface area contributed by atoms with E-state index in [2.05, 4.69) is 4.99 Å². The number of fused-ring (bicyclic) bond motifs is 1. The maximum absolute atomic E-state index is 12.7. The van der Waals surface area contributed by atoms with Crippen LogP contribution in [0.15, 0.2) is 47.5 Å². The van der Waals surface area contributed by atoms with Crippen LogP contribution in [0.4, 0.5) is 5.69 Å². The molecule has 2 heterocycles. The number of carbonyl (C=O) groups excluding carboxylic acids is 1. The highest BCUT2D eigenvalue weighted by Gasteiger charge is 2.49. The van der Waals surface area contributed by atoms with Crippen LogP contribution >= 0.6 is 11.8 Å². The van der Waals surface area contributed by atoms with E-state index in [4.69, 9.17) is 0 Å². The zero-order valence-electron chi connectivity index (χ0n) is 16.8. The number of sulfone groups is 1. The number of aliphatic imine (C=N–C) groups is 1. The van der Waals surface area contributed by atoms with Crippen molar-refractivity contribution < 1.29 is 13.2 Å². The number of anilines is 1. The molecule has 0 saturated carbocycles. The largest absolute Gasteiger partial charge is 0.315 e. The zero-order chi connectivity index (χ0) is 20.8. The lowest BCUT2D eigenvalue weighted by Crippen LogP contribution is -2.38. The van der Waals surface area contributed by atoms with Gasteiger partial charge in [-0.15, -0.1) is 0 Å². The molecule has 0 radical (unpaired) electrons. The molecule has 4 rings (SSSR count). The molecular weight excluding hydrogens is 404 g/mol. The van der Waals surface area contributed by atoms with E-state index in [-0.39, 0.29) is 35.1 Å². The molecule has 0 bridgehead atoms. The Morgan fingerprint density at radius 1 is 1.07 bits per heavy atom. The summed E-state index contributed by atoms with van der Waals surface area (Å²) in [7, 11) is -3.08. The number of benzene rings is 2. The number of amides is 1. The molecule has 0 spiro atoms. The van der Waals surface area contributed by atoms with Gasteiger partial charge in [0.15, 0.2) is 15.0 Å². The number of hydrogen-bond donors (Lipinski definition) is 0. The smallest absolute Gasteiger partial charge is 0.252 e. The summed E-state index contributed by atoms with van der Waals surface area (Å²) in [5.41, 5.74) is 5.14. The molecule has 2 aliphatic rings. The van der Waals surface area contributed by atoms with Crippen molar-refractivity contribution in [1.29, 1.82) is 0 Å². The van der Waals surface area contributed by atoms with Gasteiger partial charge >= 0.3 is 0 Å². The standard InChI is InChI=1S/C22H24N2O3S2/c1-14-7-9-17(10-8-14)11-20(25)23-22-24(21-15(2)5-4-6-16(21)3)18-12-29(26,27)13-19(18)28-22/h4-10,18-19H,11-13H2,1-3H3/t18-,19+/m0/s1.